The molecule has 0 saturated carbocycles. The zero-order valence-corrected chi connectivity index (χ0v) is 14.6. The highest BCUT2D eigenvalue weighted by molar-refractivity contribution is 9.10. The average Bonchev–Trinajstić information content (AvgIpc) is 2.83. The fourth-order valence-electron chi connectivity index (χ4n) is 2.60. The van der Waals surface area contributed by atoms with E-state index in [4.69, 9.17) is 9.72 Å². The molecule has 1 heterocycles. The van der Waals surface area contributed by atoms with Gasteiger partial charge in [-0.1, -0.05) is 60.1 Å². The Morgan fingerprint density at radius 1 is 1.18 bits per heavy atom. The van der Waals surface area contributed by atoms with E-state index >= 15 is 0 Å². The maximum atomic E-state index is 6.03. The summed E-state index contributed by atoms with van der Waals surface area (Å²) < 4.78 is 9.17. The Morgan fingerprint density at radius 3 is 2.59 bits per heavy atom. The van der Waals surface area contributed by atoms with Crippen molar-refractivity contribution in [3.05, 3.63) is 58.3 Å². The molecule has 22 heavy (non-hydrogen) atoms. The molecular formula is C18H19BrN2O. The molecule has 0 radical (unpaired) electrons. The third-order valence-corrected chi connectivity index (χ3v) is 4.16. The van der Waals surface area contributed by atoms with Gasteiger partial charge in [0.15, 0.2) is 0 Å². The molecule has 0 aliphatic rings. The molecule has 0 aliphatic heterocycles. The summed E-state index contributed by atoms with van der Waals surface area (Å²) in [7, 11) is 2.05. The molecule has 114 valence electrons. The lowest BCUT2D eigenvalue weighted by Gasteiger charge is -2.08. The van der Waals surface area contributed by atoms with Crippen molar-refractivity contribution in [2.24, 2.45) is 7.05 Å². The zero-order chi connectivity index (χ0) is 15.7. The number of rotatable bonds is 4. The van der Waals surface area contributed by atoms with Crippen LogP contribution in [0, 0.1) is 0 Å². The van der Waals surface area contributed by atoms with Crippen molar-refractivity contribution in [2.45, 2.75) is 26.4 Å². The van der Waals surface area contributed by atoms with Crippen LogP contribution in [0.3, 0.4) is 0 Å². The summed E-state index contributed by atoms with van der Waals surface area (Å²) in [5, 5.41) is 0. The first-order valence-electron chi connectivity index (χ1n) is 7.39. The Kier molecular flexibility index (Phi) is 4.21. The van der Waals surface area contributed by atoms with E-state index in [1.165, 1.54) is 0 Å². The van der Waals surface area contributed by atoms with Crippen LogP contribution >= 0.6 is 15.9 Å². The molecule has 3 nitrogen and oxygen atoms in total. The topological polar surface area (TPSA) is 27.1 Å². The van der Waals surface area contributed by atoms with E-state index in [1.807, 2.05) is 24.3 Å². The van der Waals surface area contributed by atoms with Crippen LogP contribution in [0.25, 0.3) is 11.0 Å². The van der Waals surface area contributed by atoms with Gasteiger partial charge in [-0.25, -0.2) is 4.98 Å². The molecule has 0 unspecified atom stereocenters. The normalized spacial score (nSPS) is 11.3. The summed E-state index contributed by atoms with van der Waals surface area (Å²) in [6.07, 6.45) is 0. The van der Waals surface area contributed by atoms with Crippen molar-refractivity contribution in [1.29, 1.82) is 0 Å². The highest BCUT2D eigenvalue weighted by atomic mass is 79.9. The molecule has 0 saturated heterocycles. The van der Waals surface area contributed by atoms with E-state index in [1.54, 1.807) is 0 Å². The van der Waals surface area contributed by atoms with Crippen molar-refractivity contribution in [3.8, 4) is 5.75 Å². The Labute approximate surface area is 139 Å². The van der Waals surface area contributed by atoms with Gasteiger partial charge in [0.1, 0.15) is 23.7 Å². The lowest BCUT2D eigenvalue weighted by molar-refractivity contribution is 0.309. The molecule has 2 aromatic carbocycles. The first-order chi connectivity index (χ1) is 10.6. The average molecular weight is 359 g/mol. The SMILES string of the molecule is CC(C)c1nc2c(OCc3ccccc3)cc(Br)cc2n1C. The van der Waals surface area contributed by atoms with Crippen LogP contribution < -0.4 is 4.74 Å². The number of aromatic nitrogens is 2. The molecular weight excluding hydrogens is 340 g/mol. The Balaban J connectivity index is 2.00. The van der Waals surface area contributed by atoms with Crippen LogP contribution in [-0.2, 0) is 13.7 Å². The first kappa shape index (κ1) is 15.1. The van der Waals surface area contributed by atoms with Crippen LogP contribution in [-0.4, -0.2) is 9.55 Å². The molecule has 0 atom stereocenters. The van der Waals surface area contributed by atoms with E-state index in [0.29, 0.717) is 12.5 Å². The summed E-state index contributed by atoms with van der Waals surface area (Å²) in [6, 6.07) is 14.3. The summed E-state index contributed by atoms with van der Waals surface area (Å²) in [6.45, 7) is 4.85. The number of hydrogen-bond acceptors (Lipinski definition) is 2. The van der Waals surface area contributed by atoms with Crippen molar-refractivity contribution in [1.82, 2.24) is 9.55 Å². The number of benzene rings is 2. The molecule has 0 aliphatic carbocycles. The molecule has 0 bridgehead atoms. The number of fused-ring (bicyclic) bond motifs is 1. The monoisotopic (exact) mass is 358 g/mol. The lowest BCUT2D eigenvalue weighted by Crippen LogP contribution is -1.99. The van der Waals surface area contributed by atoms with Gasteiger partial charge in [0.25, 0.3) is 0 Å². The Morgan fingerprint density at radius 2 is 1.91 bits per heavy atom. The van der Waals surface area contributed by atoms with Crippen molar-refractivity contribution in [2.75, 3.05) is 0 Å². The number of hydrogen-bond donors (Lipinski definition) is 0. The molecule has 0 fully saturated rings. The largest absolute Gasteiger partial charge is 0.487 e. The highest BCUT2D eigenvalue weighted by Gasteiger charge is 2.15. The van der Waals surface area contributed by atoms with Crippen LogP contribution in [0.5, 0.6) is 5.75 Å². The minimum atomic E-state index is 0.373. The van der Waals surface area contributed by atoms with Crippen molar-refractivity contribution < 1.29 is 4.74 Å². The number of aryl methyl sites for hydroxylation is 1. The van der Waals surface area contributed by atoms with Gasteiger partial charge in [0.2, 0.25) is 0 Å². The lowest BCUT2D eigenvalue weighted by atomic mass is 10.2. The van der Waals surface area contributed by atoms with Gasteiger partial charge in [0.05, 0.1) is 5.52 Å². The minimum absolute atomic E-state index is 0.373. The number of halogens is 1. The fourth-order valence-corrected chi connectivity index (χ4v) is 3.03. The molecule has 3 rings (SSSR count). The van der Waals surface area contributed by atoms with E-state index in [0.717, 1.165) is 32.6 Å². The second kappa shape index (κ2) is 6.13. The summed E-state index contributed by atoms with van der Waals surface area (Å²) in [5.41, 5.74) is 3.15. The molecule has 3 aromatic rings. The third-order valence-electron chi connectivity index (χ3n) is 3.70. The van der Waals surface area contributed by atoms with Crippen LogP contribution in [0.15, 0.2) is 46.9 Å². The van der Waals surface area contributed by atoms with Crippen molar-refractivity contribution in [3.63, 3.8) is 0 Å². The van der Waals surface area contributed by atoms with Crippen LogP contribution in [0.4, 0.5) is 0 Å². The van der Waals surface area contributed by atoms with E-state index in [2.05, 4.69) is 59.6 Å². The molecule has 1 aromatic heterocycles. The van der Waals surface area contributed by atoms with Gasteiger partial charge in [0, 0.05) is 17.4 Å². The second-order valence-electron chi connectivity index (χ2n) is 5.73. The van der Waals surface area contributed by atoms with Gasteiger partial charge in [-0.2, -0.15) is 0 Å². The maximum Gasteiger partial charge on any atom is 0.148 e. The van der Waals surface area contributed by atoms with E-state index in [9.17, 15) is 0 Å². The van der Waals surface area contributed by atoms with Crippen LogP contribution in [0.2, 0.25) is 0 Å². The van der Waals surface area contributed by atoms with Gasteiger partial charge in [-0.05, 0) is 17.7 Å². The van der Waals surface area contributed by atoms with Gasteiger partial charge in [-0.3, -0.25) is 0 Å². The molecule has 0 N–H and O–H groups in total. The van der Waals surface area contributed by atoms with Crippen molar-refractivity contribution >= 4 is 27.0 Å². The maximum absolute atomic E-state index is 6.03. The smallest absolute Gasteiger partial charge is 0.148 e. The standard InChI is InChI=1S/C18H19BrN2O/c1-12(2)18-20-17-15(21(18)3)9-14(19)10-16(17)22-11-13-7-5-4-6-8-13/h4-10,12H,11H2,1-3H3. The number of nitrogens with zero attached hydrogens (tertiary/aromatic N) is 2. The van der Waals surface area contributed by atoms with Gasteiger partial charge in [-0.15, -0.1) is 0 Å². The third kappa shape index (κ3) is 2.88. The predicted octanol–water partition coefficient (Wildman–Crippen LogP) is 5.04. The second-order valence-corrected chi connectivity index (χ2v) is 6.65. The van der Waals surface area contributed by atoms with Gasteiger partial charge >= 0.3 is 0 Å². The molecule has 0 spiro atoms. The zero-order valence-electron chi connectivity index (χ0n) is 13.0. The summed E-state index contributed by atoms with van der Waals surface area (Å²) in [4.78, 5) is 4.78. The quantitative estimate of drug-likeness (QED) is 0.653. The van der Waals surface area contributed by atoms with Crippen LogP contribution in [0.1, 0.15) is 31.2 Å². The molecule has 0 amide bonds. The van der Waals surface area contributed by atoms with Gasteiger partial charge < -0.3 is 9.30 Å². The number of imidazole rings is 1. The Hall–Kier alpha value is -1.81. The van der Waals surface area contributed by atoms with E-state index in [-0.39, 0.29) is 0 Å². The number of ether oxygens (including phenoxy) is 1. The first-order valence-corrected chi connectivity index (χ1v) is 8.18. The Bertz CT molecular complexity index is 794. The minimum Gasteiger partial charge on any atom is -0.487 e. The van der Waals surface area contributed by atoms with E-state index < -0.39 is 0 Å². The molecule has 4 heteroatoms. The summed E-state index contributed by atoms with van der Waals surface area (Å²) in [5.74, 6) is 2.26. The predicted molar refractivity (Wildman–Crippen MR) is 93.3 cm³/mol. The highest BCUT2D eigenvalue weighted by Crippen LogP contribution is 2.32. The fraction of sp³-hybridized carbons (Fsp3) is 0.278. The summed E-state index contributed by atoms with van der Waals surface area (Å²) >= 11 is 3.57.